The lowest BCUT2D eigenvalue weighted by Crippen LogP contribution is -2.46. The molecule has 2 amide bonds. The van der Waals surface area contributed by atoms with Gasteiger partial charge in [0.2, 0.25) is 5.91 Å². The van der Waals surface area contributed by atoms with Crippen molar-refractivity contribution >= 4 is 29.1 Å². The number of ether oxygens (including phenoxy) is 2. The number of carbonyl (C=O) groups is 2. The number of methoxy groups -OCH3 is 2. The number of carbonyl (C=O) groups excluding carboxylic acids is 2. The van der Waals surface area contributed by atoms with Crippen LogP contribution in [0.3, 0.4) is 0 Å². The van der Waals surface area contributed by atoms with E-state index in [9.17, 15) is 9.59 Å². The highest BCUT2D eigenvalue weighted by molar-refractivity contribution is 6.34. The van der Waals surface area contributed by atoms with Gasteiger partial charge in [0.15, 0.2) is 0 Å². The van der Waals surface area contributed by atoms with Gasteiger partial charge in [-0.2, -0.15) is 5.10 Å². The molecule has 4 rings (SSSR count). The molecule has 180 valence electrons. The molecule has 1 atom stereocenters. The van der Waals surface area contributed by atoms with Crippen molar-refractivity contribution in [3.05, 3.63) is 64.7 Å². The first-order valence-electron chi connectivity index (χ1n) is 11.6. The largest absolute Gasteiger partial charge is 0.497 e. The van der Waals surface area contributed by atoms with Crippen LogP contribution >= 0.6 is 11.6 Å². The van der Waals surface area contributed by atoms with Crippen molar-refractivity contribution in [1.29, 1.82) is 0 Å². The molecular formula is C26H30ClN3O4. The van der Waals surface area contributed by atoms with E-state index in [-0.39, 0.29) is 30.3 Å². The highest BCUT2D eigenvalue weighted by Crippen LogP contribution is 2.35. The van der Waals surface area contributed by atoms with E-state index in [2.05, 4.69) is 0 Å². The Balaban J connectivity index is 1.61. The zero-order chi connectivity index (χ0) is 24.1. The van der Waals surface area contributed by atoms with Crippen LogP contribution in [0.25, 0.3) is 0 Å². The normalized spacial score (nSPS) is 17.8. The average molecular weight is 484 g/mol. The van der Waals surface area contributed by atoms with Gasteiger partial charge in [0, 0.05) is 36.6 Å². The molecule has 2 aliphatic rings. The van der Waals surface area contributed by atoms with E-state index in [1.54, 1.807) is 19.1 Å². The number of amides is 2. The number of benzene rings is 2. The molecule has 0 bridgehead atoms. The zero-order valence-corrected chi connectivity index (χ0v) is 20.3. The fourth-order valence-electron chi connectivity index (χ4n) is 4.30. The van der Waals surface area contributed by atoms with E-state index in [1.807, 2.05) is 48.5 Å². The Bertz CT molecular complexity index is 1050. The van der Waals surface area contributed by atoms with Crippen LogP contribution in [0.2, 0.25) is 5.02 Å². The minimum atomic E-state index is -0.298. The Hall–Kier alpha value is -2.90. The summed E-state index contributed by atoms with van der Waals surface area (Å²) in [5.41, 5.74) is 2.49. The second-order valence-electron chi connectivity index (χ2n) is 8.64. The second kappa shape index (κ2) is 11.0. The van der Waals surface area contributed by atoms with Crippen LogP contribution in [0, 0.1) is 5.92 Å². The van der Waals surface area contributed by atoms with E-state index in [1.165, 1.54) is 5.01 Å². The van der Waals surface area contributed by atoms with Gasteiger partial charge in [-0.25, -0.2) is 5.01 Å². The number of rotatable bonds is 9. The zero-order valence-electron chi connectivity index (χ0n) is 19.6. The number of hydrogen-bond acceptors (Lipinski definition) is 5. The molecule has 34 heavy (non-hydrogen) atoms. The Morgan fingerprint density at radius 3 is 2.47 bits per heavy atom. The smallest absolute Gasteiger partial charge is 0.262 e. The summed E-state index contributed by atoms with van der Waals surface area (Å²) in [4.78, 5) is 28.1. The first-order chi connectivity index (χ1) is 16.5. The number of halogens is 1. The molecule has 0 spiro atoms. The van der Waals surface area contributed by atoms with E-state index < -0.39 is 0 Å². The molecule has 8 heteroatoms. The summed E-state index contributed by atoms with van der Waals surface area (Å²) in [7, 11) is 3.21. The highest BCUT2D eigenvalue weighted by atomic mass is 35.5. The van der Waals surface area contributed by atoms with Crippen LogP contribution < -0.4 is 4.74 Å². The van der Waals surface area contributed by atoms with Gasteiger partial charge in [-0.1, -0.05) is 48.4 Å². The number of hydrogen-bond donors (Lipinski definition) is 0. The predicted octanol–water partition coefficient (Wildman–Crippen LogP) is 4.30. The number of nitrogens with zero attached hydrogens (tertiary/aromatic N) is 3. The van der Waals surface area contributed by atoms with Crippen molar-refractivity contribution in [2.45, 2.75) is 31.7 Å². The van der Waals surface area contributed by atoms with Crippen LogP contribution in [0.5, 0.6) is 5.75 Å². The summed E-state index contributed by atoms with van der Waals surface area (Å²) >= 11 is 6.44. The molecule has 0 N–H and O–H groups in total. The monoisotopic (exact) mass is 483 g/mol. The standard InChI is InChI=1S/C26H30ClN3O4/c1-33-15-14-29(26(32)19-6-5-7-19)17-25(31)30-24(18-10-12-20(34-2)13-11-18)16-23(28-30)21-8-3-4-9-22(21)27/h3-4,8-13,19,24H,5-7,14-17H2,1-2H3/t24-/m1/s1. The minimum absolute atomic E-state index is 0.00260. The maximum atomic E-state index is 13.5. The second-order valence-corrected chi connectivity index (χ2v) is 9.05. The van der Waals surface area contributed by atoms with Crippen LogP contribution in [-0.4, -0.2) is 61.4 Å². The molecule has 2 aromatic carbocycles. The van der Waals surface area contributed by atoms with Crippen LogP contribution in [0.1, 0.15) is 42.9 Å². The Morgan fingerprint density at radius 1 is 1.12 bits per heavy atom. The third-order valence-electron chi connectivity index (χ3n) is 6.51. The molecule has 1 heterocycles. The fourth-order valence-corrected chi connectivity index (χ4v) is 4.55. The van der Waals surface area contributed by atoms with Gasteiger partial charge in [0.25, 0.3) is 5.91 Å². The summed E-state index contributed by atoms with van der Waals surface area (Å²) in [6, 6.07) is 14.8. The predicted molar refractivity (Wildman–Crippen MR) is 131 cm³/mol. The average Bonchev–Trinajstić information content (AvgIpc) is 3.26. The van der Waals surface area contributed by atoms with Gasteiger partial charge in [0.05, 0.1) is 25.5 Å². The molecule has 0 aromatic heterocycles. The lowest BCUT2D eigenvalue weighted by Gasteiger charge is -2.32. The highest BCUT2D eigenvalue weighted by Gasteiger charge is 2.36. The first kappa shape index (κ1) is 24.2. The molecule has 0 unspecified atom stereocenters. The van der Waals surface area contributed by atoms with E-state index >= 15 is 0 Å². The molecule has 0 saturated heterocycles. The van der Waals surface area contributed by atoms with Crippen LogP contribution in [0.15, 0.2) is 53.6 Å². The summed E-state index contributed by atoms with van der Waals surface area (Å²) in [6.45, 7) is 0.714. The van der Waals surface area contributed by atoms with Gasteiger partial charge in [-0.15, -0.1) is 0 Å². The van der Waals surface area contributed by atoms with Crippen molar-refractivity contribution in [3.63, 3.8) is 0 Å². The molecular weight excluding hydrogens is 454 g/mol. The first-order valence-corrected chi connectivity index (χ1v) is 12.0. The topological polar surface area (TPSA) is 71.4 Å². The van der Waals surface area contributed by atoms with Crippen molar-refractivity contribution in [3.8, 4) is 5.75 Å². The molecule has 7 nitrogen and oxygen atoms in total. The SMILES string of the molecule is COCCN(CC(=O)N1N=C(c2ccccc2Cl)C[C@@H]1c1ccc(OC)cc1)C(=O)C1CCC1. The van der Waals surface area contributed by atoms with Gasteiger partial charge in [-0.05, 0) is 36.6 Å². The van der Waals surface area contributed by atoms with Crippen molar-refractivity contribution < 1.29 is 19.1 Å². The summed E-state index contributed by atoms with van der Waals surface area (Å²) in [5, 5.41) is 6.80. The minimum Gasteiger partial charge on any atom is -0.497 e. The third kappa shape index (κ3) is 5.26. The van der Waals surface area contributed by atoms with Crippen LogP contribution in [-0.2, 0) is 14.3 Å². The van der Waals surface area contributed by atoms with Gasteiger partial charge < -0.3 is 14.4 Å². The lowest BCUT2D eigenvalue weighted by molar-refractivity contribution is -0.146. The van der Waals surface area contributed by atoms with Gasteiger partial charge in [0.1, 0.15) is 12.3 Å². The molecule has 0 radical (unpaired) electrons. The Labute approximate surface area is 205 Å². The maximum Gasteiger partial charge on any atom is 0.262 e. The lowest BCUT2D eigenvalue weighted by atomic mass is 9.84. The molecule has 2 aromatic rings. The summed E-state index contributed by atoms with van der Waals surface area (Å²) < 4.78 is 10.5. The van der Waals surface area contributed by atoms with E-state index in [0.717, 1.165) is 41.9 Å². The van der Waals surface area contributed by atoms with Crippen molar-refractivity contribution in [1.82, 2.24) is 9.91 Å². The molecule has 1 fully saturated rings. The van der Waals surface area contributed by atoms with E-state index in [0.29, 0.717) is 24.6 Å². The van der Waals surface area contributed by atoms with Gasteiger partial charge >= 0.3 is 0 Å². The Morgan fingerprint density at radius 2 is 1.85 bits per heavy atom. The summed E-state index contributed by atoms with van der Waals surface area (Å²) in [5.74, 6) is 0.533. The quantitative estimate of drug-likeness (QED) is 0.533. The molecule has 1 aliphatic heterocycles. The third-order valence-corrected chi connectivity index (χ3v) is 6.84. The van der Waals surface area contributed by atoms with E-state index in [4.69, 9.17) is 26.2 Å². The number of hydrazone groups is 1. The molecule has 1 saturated carbocycles. The van der Waals surface area contributed by atoms with Crippen molar-refractivity contribution in [2.75, 3.05) is 33.9 Å². The van der Waals surface area contributed by atoms with Crippen molar-refractivity contribution in [2.24, 2.45) is 11.0 Å². The fraction of sp³-hybridized carbons (Fsp3) is 0.423. The van der Waals surface area contributed by atoms with Crippen LogP contribution in [0.4, 0.5) is 0 Å². The summed E-state index contributed by atoms with van der Waals surface area (Å²) in [6.07, 6.45) is 3.34. The Kier molecular flexibility index (Phi) is 7.85. The molecule has 1 aliphatic carbocycles. The maximum absolute atomic E-state index is 13.5. The van der Waals surface area contributed by atoms with Gasteiger partial charge in [-0.3, -0.25) is 9.59 Å².